The lowest BCUT2D eigenvalue weighted by atomic mass is 10.1. The SMILES string of the molecule is CC(C)c1cc(C(=O)Nc2cc(Br)ccc2-n2cncn2)nn1C(C)(C)C. The molecule has 0 aliphatic heterocycles. The molecule has 0 bridgehead atoms. The zero-order valence-electron chi connectivity index (χ0n) is 16.1. The predicted octanol–water partition coefficient (Wildman–Crippen LogP) is 4.36. The number of hydrogen-bond donors (Lipinski definition) is 1. The van der Waals surface area contributed by atoms with Gasteiger partial charge in [-0.2, -0.15) is 10.2 Å². The zero-order chi connectivity index (χ0) is 19.8. The molecule has 142 valence electrons. The maximum atomic E-state index is 12.9. The summed E-state index contributed by atoms with van der Waals surface area (Å²) in [4.78, 5) is 16.9. The van der Waals surface area contributed by atoms with Crippen LogP contribution in [0.3, 0.4) is 0 Å². The Kier molecular flexibility index (Phi) is 5.19. The Morgan fingerprint density at radius 2 is 1.96 bits per heavy atom. The van der Waals surface area contributed by atoms with E-state index >= 15 is 0 Å². The van der Waals surface area contributed by atoms with Gasteiger partial charge in [-0.05, 0) is 51.0 Å². The number of hydrogen-bond acceptors (Lipinski definition) is 4. The van der Waals surface area contributed by atoms with Crippen molar-refractivity contribution in [1.29, 1.82) is 0 Å². The monoisotopic (exact) mass is 430 g/mol. The van der Waals surface area contributed by atoms with Crippen molar-refractivity contribution in [2.75, 3.05) is 5.32 Å². The number of rotatable bonds is 4. The average Bonchev–Trinajstić information content (AvgIpc) is 3.24. The summed E-state index contributed by atoms with van der Waals surface area (Å²) in [6.45, 7) is 10.4. The van der Waals surface area contributed by atoms with Gasteiger partial charge in [0.2, 0.25) is 0 Å². The molecule has 3 rings (SSSR count). The Labute approximate surface area is 166 Å². The summed E-state index contributed by atoms with van der Waals surface area (Å²) < 4.78 is 4.38. The fourth-order valence-corrected chi connectivity index (χ4v) is 3.14. The molecule has 0 radical (unpaired) electrons. The van der Waals surface area contributed by atoms with Crippen molar-refractivity contribution >= 4 is 27.5 Å². The van der Waals surface area contributed by atoms with E-state index in [4.69, 9.17) is 0 Å². The van der Waals surface area contributed by atoms with Crippen molar-refractivity contribution in [3.8, 4) is 5.69 Å². The summed E-state index contributed by atoms with van der Waals surface area (Å²) >= 11 is 3.45. The molecule has 0 unspecified atom stereocenters. The maximum Gasteiger partial charge on any atom is 0.276 e. The van der Waals surface area contributed by atoms with E-state index in [0.29, 0.717) is 11.4 Å². The lowest BCUT2D eigenvalue weighted by molar-refractivity contribution is 0.102. The summed E-state index contributed by atoms with van der Waals surface area (Å²) in [7, 11) is 0. The molecule has 2 heterocycles. The fraction of sp³-hybridized carbons (Fsp3) is 0.368. The molecule has 0 fully saturated rings. The predicted molar refractivity (Wildman–Crippen MR) is 108 cm³/mol. The number of amides is 1. The van der Waals surface area contributed by atoms with Crippen LogP contribution in [0.1, 0.15) is 56.7 Å². The Morgan fingerprint density at radius 3 is 2.52 bits per heavy atom. The van der Waals surface area contributed by atoms with E-state index in [1.807, 2.05) is 28.9 Å². The Bertz CT molecular complexity index is 953. The van der Waals surface area contributed by atoms with E-state index in [9.17, 15) is 4.79 Å². The zero-order valence-corrected chi connectivity index (χ0v) is 17.6. The van der Waals surface area contributed by atoms with Gasteiger partial charge in [-0.25, -0.2) is 9.67 Å². The van der Waals surface area contributed by atoms with Gasteiger partial charge in [0.05, 0.1) is 16.9 Å². The van der Waals surface area contributed by atoms with Crippen LogP contribution in [0.25, 0.3) is 5.69 Å². The second kappa shape index (κ2) is 7.26. The molecule has 1 N–H and O–H groups in total. The molecule has 2 aromatic heterocycles. The minimum absolute atomic E-state index is 0.209. The highest BCUT2D eigenvalue weighted by Gasteiger charge is 2.24. The van der Waals surface area contributed by atoms with Gasteiger partial charge in [0.25, 0.3) is 5.91 Å². The summed E-state index contributed by atoms with van der Waals surface area (Å²) in [6, 6.07) is 7.44. The molecule has 8 heteroatoms. The summed E-state index contributed by atoms with van der Waals surface area (Å²) in [5.41, 5.74) is 2.55. The molecule has 3 aromatic rings. The van der Waals surface area contributed by atoms with Crippen molar-refractivity contribution in [3.63, 3.8) is 0 Å². The molecular formula is C19H23BrN6O. The van der Waals surface area contributed by atoms with Crippen LogP contribution in [0, 0.1) is 0 Å². The van der Waals surface area contributed by atoms with Gasteiger partial charge in [-0.1, -0.05) is 29.8 Å². The van der Waals surface area contributed by atoms with Crippen LogP contribution in [-0.2, 0) is 5.54 Å². The number of carbonyl (C=O) groups is 1. The van der Waals surface area contributed by atoms with Crippen molar-refractivity contribution in [2.24, 2.45) is 0 Å². The van der Waals surface area contributed by atoms with Crippen LogP contribution in [0.15, 0.2) is 41.4 Å². The first-order valence-corrected chi connectivity index (χ1v) is 9.52. The molecule has 7 nitrogen and oxygen atoms in total. The first-order valence-electron chi connectivity index (χ1n) is 8.73. The number of anilines is 1. The van der Waals surface area contributed by atoms with Gasteiger partial charge in [-0.3, -0.25) is 9.48 Å². The third-order valence-electron chi connectivity index (χ3n) is 4.07. The normalized spacial score (nSPS) is 11.8. The number of aromatic nitrogens is 5. The van der Waals surface area contributed by atoms with E-state index in [2.05, 4.69) is 71.0 Å². The molecule has 1 amide bonds. The average molecular weight is 431 g/mol. The molecule has 0 atom stereocenters. The highest BCUT2D eigenvalue weighted by Crippen LogP contribution is 2.27. The van der Waals surface area contributed by atoms with Gasteiger partial charge < -0.3 is 5.32 Å². The third kappa shape index (κ3) is 4.10. The van der Waals surface area contributed by atoms with Gasteiger partial charge >= 0.3 is 0 Å². The smallest absolute Gasteiger partial charge is 0.276 e. The quantitative estimate of drug-likeness (QED) is 0.666. The van der Waals surface area contributed by atoms with E-state index in [0.717, 1.165) is 15.9 Å². The van der Waals surface area contributed by atoms with E-state index in [1.165, 1.54) is 6.33 Å². The van der Waals surface area contributed by atoms with Crippen molar-refractivity contribution in [2.45, 2.75) is 46.1 Å². The molecule has 1 aromatic carbocycles. The standard InChI is InChI=1S/C19H23BrN6O/c1-12(2)17-9-15(24-26(17)19(3,4)5)18(27)23-14-8-13(20)6-7-16(14)25-11-21-10-22-25/h6-12H,1-5H3,(H,23,27). The van der Waals surface area contributed by atoms with Gasteiger partial charge in [-0.15, -0.1) is 0 Å². The van der Waals surface area contributed by atoms with E-state index < -0.39 is 0 Å². The van der Waals surface area contributed by atoms with Gasteiger partial charge in [0.15, 0.2) is 5.69 Å². The highest BCUT2D eigenvalue weighted by atomic mass is 79.9. The van der Waals surface area contributed by atoms with E-state index in [1.54, 1.807) is 11.0 Å². The lowest BCUT2D eigenvalue weighted by Crippen LogP contribution is -2.26. The number of halogens is 1. The number of benzene rings is 1. The summed E-state index contributed by atoms with van der Waals surface area (Å²) in [6.07, 6.45) is 3.04. The first-order chi connectivity index (χ1) is 12.7. The maximum absolute atomic E-state index is 12.9. The molecule has 0 saturated heterocycles. The van der Waals surface area contributed by atoms with Crippen LogP contribution in [0.5, 0.6) is 0 Å². The number of nitrogens with one attached hydrogen (secondary N) is 1. The third-order valence-corrected chi connectivity index (χ3v) is 4.56. The molecule has 0 aliphatic rings. The minimum atomic E-state index is -0.264. The molecule has 0 aliphatic carbocycles. The second-order valence-electron chi connectivity index (χ2n) is 7.65. The van der Waals surface area contributed by atoms with Crippen LogP contribution in [0.4, 0.5) is 5.69 Å². The highest BCUT2D eigenvalue weighted by molar-refractivity contribution is 9.10. The second-order valence-corrected chi connectivity index (χ2v) is 8.56. The Balaban J connectivity index is 1.96. The van der Waals surface area contributed by atoms with Crippen molar-refractivity contribution in [3.05, 3.63) is 52.8 Å². The lowest BCUT2D eigenvalue weighted by Gasteiger charge is -2.23. The van der Waals surface area contributed by atoms with Crippen LogP contribution in [-0.4, -0.2) is 30.5 Å². The minimum Gasteiger partial charge on any atom is -0.319 e. The number of nitrogens with zero attached hydrogens (tertiary/aromatic N) is 5. The van der Waals surface area contributed by atoms with Crippen LogP contribution < -0.4 is 5.32 Å². The van der Waals surface area contributed by atoms with Crippen molar-refractivity contribution in [1.82, 2.24) is 24.5 Å². The Hall–Kier alpha value is -2.48. The van der Waals surface area contributed by atoms with E-state index in [-0.39, 0.29) is 17.4 Å². The Morgan fingerprint density at radius 1 is 1.22 bits per heavy atom. The summed E-state index contributed by atoms with van der Waals surface area (Å²) in [5, 5.41) is 11.7. The fourth-order valence-electron chi connectivity index (χ4n) is 2.78. The van der Waals surface area contributed by atoms with Gasteiger partial charge in [0.1, 0.15) is 12.7 Å². The van der Waals surface area contributed by atoms with Crippen LogP contribution >= 0.6 is 15.9 Å². The topological polar surface area (TPSA) is 77.6 Å². The van der Waals surface area contributed by atoms with Crippen LogP contribution in [0.2, 0.25) is 0 Å². The molecule has 0 spiro atoms. The van der Waals surface area contributed by atoms with Gasteiger partial charge in [0, 0.05) is 10.2 Å². The summed E-state index contributed by atoms with van der Waals surface area (Å²) in [5.74, 6) is -0.00535. The largest absolute Gasteiger partial charge is 0.319 e. The van der Waals surface area contributed by atoms with Crippen molar-refractivity contribution < 1.29 is 4.79 Å². The number of carbonyl (C=O) groups excluding carboxylic acids is 1. The molecule has 0 saturated carbocycles. The first kappa shape index (κ1) is 19.3. The molecular weight excluding hydrogens is 408 g/mol. The molecule has 27 heavy (non-hydrogen) atoms.